The SMILES string of the molecule is Cc1cc(OCCCC(=O)Nc2ccc(NC(=O)NCC3CCCO3)cc2)ccc1Cl. The van der Waals surface area contributed by atoms with E-state index in [0.29, 0.717) is 42.4 Å². The number of nitrogens with one attached hydrogen (secondary N) is 3. The molecule has 3 amide bonds. The molecule has 0 bridgehead atoms. The first kappa shape index (κ1) is 22.9. The van der Waals surface area contributed by atoms with Gasteiger partial charge in [0.1, 0.15) is 5.75 Å². The predicted octanol–water partition coefficient (Wildman–Crippen LogP) is 4.75. The lowest BCUT2D eigenvalue weighted by atomic mass is 10.2. The number of anilines is 2. The van der Waals surface area contributed by atoms with Crippen LogP contribution in [-0.2, 0) is 9.53 Å². The number of carbonyl (C=O) groups excluding carboxylic acids is 2. The van der Waals surface area contributed by atoms with E-state index in [9.17, 15) is 9.59 Å². The second kappa shape index (κ2) is 11.6. The molecular weight excluding hydrogens is 418 g/mol. The molecule has 1 aliphatic heterocycles. The summed E-state index contributed by atoms with van der Waals surface area (Å²) < 4.78 is 11.1. The molecular formula is C23H28ClN3O4. The van der Waals surface area contributed by atoms with Gasteiger partial charge in [-0.15, -0.1) is 0 Å². The number of aryl methyl sites for hydroxylation is 1. The van der Waals surface area contributed by atoms with Gasteiger partial charge < -0.3 is 25.4 Å². The fraction of sp³-hybridized carbons (Fsp3) is 0.391. The quantitative estimate of drug-likeness (QED) is 0.486. The Hall–Kier alpha value is -2.77. The van der Waals surface area contributed by atoms with Gasteiger partial charge in [-0.2, -0.15) is 0 Å². The first-order chi connectivity index (χ1) is 15.0. The highest BCUT2D eigenvalue weighted by molar-refractivity contribution is 6.31. The van der Waals surface area contributed by atoms with Crippen LogP contribution in [0, 0.1) is 6.92 Å². The molecule has 7 nitrogen and oxygen atoms in total. The predicted molar refractivity (Wildman–Crippen MR) is 122 cm³/mol. The Morgan fingerprint density at radius 1 is 1.13 bits per heavy atom. The first-order valence-electron chi connectivity index (χ1n) is 10.4. The molecule has 1 unspecified atom stereocenters. The number of rotatable bonds is 9. The van der Waals surface area contributed by atoms with Crippen molar-refractivity contribution >= 4 is 34.9 Å². The molecule has 1 heterocycles. The highest BCUT2D eigenvalue weighted by atomic mass is 35.5. The molecule has 0 radical (unpaired) electrons. The van der Waals surface area contributed by atoms with Crippen LogP contribution in [0.1, 0.15) is 31.2 Å². The molecule has 0 spiro atoms. The molecule has 2 aromatic rings. The van der Waals surface area contributed by atoms with Crippen molar-refractivity contribution in [1.82, 2.24) is 5.32 Å². The molecule has 8 heteroatoms. The Balaban J connectivity index is 1.33. The molecule has 1 saturated heterocycles. The van der Waals surface area contributed by atoms with Crippen molar-refractivity contribution in [2.75, 3.05) is 30.4 Å². The summed E-state index contributed by atoms with van der Waals surface area (Å²) in [5, 5.41) is 9.12. The maximum absolute atomic E-state index is 12.1. The van der Waals surface area contributed by atoms with Gasteiger partial charge >= 0.3 is 6.03 Å². The Labute approximate surface area is 187 Å². The Kier molecular flexibility index (Phi) is 8.55. The lowest BCUT2D eigenvalue weighted by Crippen LogP contribution is -2.35. The Morgan fingerprint density at radius 2 is 1.87 bits per heavy atom. The van der Waals surface area contributed by atoms with Crippen LogP contribution in [-0.4, -0.2) is 37.8 Å². The highest BCUT2D eigenvalue weighted by Gasteiger charge is 2.16. The summed E-state index contributed by atoms with van der Waals surface area (Å²) >= 11 is 6.00. The van der Waals surface area contributed by atoms with E-state index < -0.39 is 0 Å². The lowest BCUT2D eigenvalue weighted by molar-refractivity contribution is -0.116. The van der Waals surface area contributed by atoms with E-state index in [1.165, 1.54) is 0 Å². The van der Waals surface area contributed by atoms with Crippen LogP contribution in [0.2, 0.25) is 5.02 Å². The van der Waals surface area contributed by atoms with E-state index >= 15 is 0 Å². The number of carbonyl (C=O) groups is 2. The lowest BCUT2D eigenvalue weighted by Gasteiger charge is -2.12. The molecule has 31 heavy (non-hydrogen) atoms. The molecule has 2 aromatic carbocycles. The van der Waals surface area contributed by atoms with Gasteiger partial charge in [-0.05, 0) is 74.2 Å². The minimum atomic E-state index is -0.275. The van der Waals surface area contributed by atoms with Crippen LogP contribution in [0.3, 0.4) is 0 Å². The third-order valence-corrected chi connectivity index (χ3v) is 5.31. The van der Waals surface area contributed by atoms with E-state index in [-0.39, 0.29) is 18.0 Å². The maximum Gasteiger partial charge on any atom is 0.319 e. The van der Waals surface area contributed by atoms with E-state index in [2.05, 4.69) is 16.0 Å². The zero-order valence-electron chi connectivity index (χ0n) is 17.6. The number of benzene rings is 2. The second-order valence-corrected chi connectivity index (χ2v) is 7.87. The Bertz CT molecular complexity index is 883. The maximum atomic E-state index is 12.1. The van der Waals surface area contributed by atoms with Crippen molar-refractivity contribution in [2.45, 2.75) is 38.7 Å². The summed E-state index contributed by atoms with van der Waals surface area (Å²) in [7, 11) is 0. The summed E-state index contributed by atoms with van der Waals surface area (Å²) in [5.41, 5.74) is 2.27. The number of urea groups is 1. The fourth-order valence-electron chi connectivity index (χ4n) is 3.18. The summed E-state index contributed by atoms with van der Waals surface area (Å²) in [6, 6.07) is 12.2. The van der Waals surface area contributed by atoms with Gasteiger partial charge in [0.2, 0.25) is 5.91 Å². The summed E-state index contributed by atoms with van der Waals surface area (Å²) in [6.07, 6.45) is 3.05. The third kappa shape index (κ3) is 7.77. The van der Waals surface area contributed by atoms with Crippen molar-refractivity contribution in [3.63, 3.8) is 0 Å². The van der Waals surface area contributed by atoms with Gasteiger partial charge in [0.05, 0.1) is 12.7 Å². The van der Waals surface area contributed by atoms with Crippen LogP contribution < -0.4 is 20.7 Å². The van der Waals surface area contributed by atoms with E-state index in [1.54, 1.807) is 30.3 Å². The Morgan fingerprint density at radius 3 is 2.55 bits per heavy atom. The molecule has 0 aromatic heterocycles. The van der Waals surface area contributed by atoms with E-state index in [0.717, 1.165) is 30.8 Å². The number of amides is 3. The van der Waals surface area contributed by atoms with E-state index in [4.69, 9.17) is 21.1 Å². The van der Waals surface area contributed by atoms with Gasteiger partial charge in [0.25, 0.3) is 0 Å². The smallest absolute Gasteiger partial charge is 0.319 e. The fourth-order valence-corrected chi connectivity index (χ4v) is 3.29. The van der Waals surface area contributed by atoms with Crippen molar-refractivity contribution in [1.29, 1.82) is 0 Å². The van der Waals surface area contributed by atoms with Crippen LogP contribution in [0.15, 0.2) is 42.5 Å². The molecule has 0 aliphatic carbocycles. The van der Waals surface area contributed by atoms with Crippen molar-refractivity contribution in [3.8, 4) is 5.75 Å². The molecule has 0 saturated carbocycles. The minimum absolute atomic E-state index is 0.0918. The van der Waals surface area contributed by atoms with Gasteiger partial charge in [0.15, 0.2) is 0 Å². The van der Waals surface area contributed by atoms with E-state index in [1.807, 2.05) is 19.1 Å². The largest absolute Gasteiger partial charge is 0.494 e. The van der Waals surface area contributed by atoms with Gasteiger partial charge in [-0.1, -0.05) is 11.6 Å². The highest BCUT2D eigenvalue weighted by Crippen LogP contribution is 2.21. The number of hydrogen-bond acceptors (Lipinski definition) is 4. The average Bonchev–Trinajstić information content (AvgIpc) is 3.27. The van der Waals surface area contributed by atoms with Gasteiger partial charge in [0, 0.05) is 36.0 Å². The zero-order chi connectivity index (χ0) is 22.1. The van der Waals surface area contributed by atoms with Gasteiger partial charge in [-0.3, -0.25) is 4.79 Å². The number of hydrogen-bond donors (Lipinski definition) is 3. The van der Waals surface area contributed by atoms with Crippen LogP contribution >= 0.6 is 11.6 Å². The first-order valence-corrected chi connectivity index (χ1v) is 10.8. The molecule has 3 rings (SSSR count). The van der Waals surface area contributed by atoms with Crippen LogP contribution in [0.25, 0.3) is 0 Å². The molecule has 1 atom stereocenters. The van der Waals surface area contributed by atoms with Crippen molar-refractivity contribution in [3.05, 3.63) is 53.1 Å². The zero-order valence-corrected chi connectivity index (χ0v) is 18.3. The molecule has 1 aliphatic rings. The van der Waals surface area contributed by atoms with Crippen molar-refractivity contribution < 1.29 is 19.1 Å². The van der Waals surface area contributed by atoms with Crippen LogP contribution in [0.5, 0.6) is 5.75 Å². The molecule has 1 fully saturated rings. The molecule has 3 N–H and O–H groups in total. The third-order valence-electron chi connectivity index (χ3n) is 4.89. The summed E-state index contributed by atoms with van der Waals surface area (Å²) in [5.74, 6) is 0.649. The normalized spacial score (nSPS) is 15.4. The summed E-state index contributed by atoms with van der Waals surface area (Å²) in [6.45, 7) is 3.62. The minimum Gasteiger partial charge on any atom is -0.494 e. The standard InChI is InChI=1S/C23H28ClN3O4/c1-16-14-19(10-11-21(16)24)30-13-3-5-22(28)26-17-6-8-18(9-7-17)27-23(29)25-15-20-4-2-12-31-20/h6-11,14,20H,2-5,12-13,15H2,1H3,(H,26,28)(H2,25,27,29). The van der Waals surface area contributed by atoms with Crippen molar-refractivity contribution in [2.24, 2.45) is 0 Å². The number of ether oxygens (including phenoxy) is 2. The van der Waals surface area contributed by atoms with Crippen LogP contribution in [0.4, 0.5) is 16.2 Å². The second-order valence-electron chi connectivity index (χ2n) is 7.46. The monoisotopic (exact) mass is 445 g/mol. The van der Waals surface area contributed by atoms with Gasteiger partial charge in [-0.25, -0.2) is 4.79 Å². The number of halogens is 1. The topological polar surface area (TPSA) is 88.7 Å². The molecule has 166 valence electrons. The average molecular weight is 446 g/mol. The summed E-state index contributed by atoms with van der Waals surface area (Å²) in [4.78, 5) is 24.1.